The molecule has 0 N–H and O–H groups in total. The first-order valence-corrected chi connectivity index (χ1v) is 27.2. The smallest absolute Gasteiger partial charge is 0.0620 e. The Kier molecular flexibility index (Phi) is 17.8. The monoisotopic (exact) mass is 859 g/mol. The van der Waals surface area contributed by atoms with E-state index in [0.29, 0.717) is 0 Å². The summed E-state index contributed by atoms with van der Waals surface area (Å²) in [6, 6.07) is 66.7. The summed E-state index contributed by atoms with van der Waals surface area (Å²) in [5.74, 6) is 0. The Hall–Kier alpha value is -2.80. The van der Waals surface area contributed by atoms with E-state index in [2.05, 4.69) is 182 Å². The maximum atomic E-state index is 7.32. The first-order valence-electron chi connectivity index (χ1n) is 14.1. The molecule has 0 aliphatic rings. The van der Waals surface area contributed by atoms with Crippen LogP contribution in [0.5, 0.6) is 0 Å². The molecule has 0 atom stereocenters. The molecular weight excluding hydrogens is 825 g/mol. The molecule has 0 aliphatic carbocycles. The number of hydrogen-bond donors (Lipinski definition) is 0. The quantitative estimate of drug-likeness (QED) is 0.154. The zero-order valence-electron chi connectivity index (χ0n) is 24.8. The Morgan fingerprint density at radius 2 is 0.489 bits per heavy atom. The summed E-state index contributed by atoms with van der Waals surface area (Å²) < 4.78 is 0. The summed E-state index contributed by atoms with van der Waals surface area (Å²) in [5.41, 5.74) is 0. The molecule has 0 unspecified atom stereocenters. The van der Waals surface area contributed by atoms with E-state index in [1.165, 1.54) is 38.8 Å². The molecule has 0 saturated carbocycles. The van der Waals surface area contributed by atoms with Crippen LogP contribution in [-0.4, -0.2) is 0 Å². The van der Waals surface area contributed by atoms with E-state index >= 15 is 0 Å². The van der Waals surface area contributed by atoms with Crippen LogP contribution < -0.4 is 31.8 Å². The number of hydrogen-bond acceptors (Lipinski definition) is 1. The summed E-state index contributed by atoms with van der Waals surface area (Å²) in [6.07, 6.45) is 0. The number of nitriles is 1. The molecular formula is C38H35Cl3NP2Re+2. The average molecular weight is 860 g/mol. The van der Waals surface area contributed by atoms with Gasteiger partial charge < -0.3 is 0 Å². The molecule has 1 nitrogen and oxygen atoms in total. The Morgan fingerprint density at radius 1 is 0.378 bits per heavy atom. The van der Waals surface area contributed by atoms with Crippen LogP contribution in [-0.2, 0) is 13.7 Å². The normalized spacial score (nSPS) is 10.1. The van der Waals surface area contributed by atoms with Gasteiger partial charge in [-0.1, -0.05) is 109 Å². The second-order valence-electron chi connectivity index (χ2n) is 9.33. The fourth-order valence-electron chi connectivity index (χ4n) is 4.63. The molecule has 0 aromatic heterocycles. The Balaban J connectivity index is 0.000000204. The third-order valence-corrected chi connectivity index (χ3v) is 11.8. The molecule has 0 heterocycles. The number of nitrogens with zero attached hydrogens (tertiary/aromatic N) is 1. The van der Waals surface area contributed by atoms with Crippen molar-refractivity contribution in [2.75, 3.05) is 0 Å². The second kappa shape index (κ2) is 21.9. The Bertz CT molecular complexity index is 1330. The van der Waals surface area contributed by atoms with Crippen LogP contribution in [0.2, 0.25) is 0 Å². The fourth-order valence-corrected chi connectivity index (χ4v) is 9.78. The topological polar surface area (TPSA) is 23.8 Å². The molecule has 0 aliphatic heterocycles. The van der Waals surface area contributed by atoms with E-state index < -0.39 is 29.5 Å². The van der Waals surface area contributed by atoms with Gasteiger partial charge in [0.05, 0.1) is 21.9 Å². The fraction of sp³-hybridized carbons (Fsp3) is 0.0263. The first kappa shape index (κ1) is 36.7. The van der Waals surface area contributed by atoms with Gasteiger partial charge in [-0.3, -0.25) is 0 Å². The van der Waals surface area contributed by atoms with E-state index in [-0.39, 0.29) is 0 Å². The van der Waals surface area contributed by atoms with Crippen molar-refractivity contribution in [2.45, 2.75) is 6.92 Å². The van der Waals surface area contributed by atoms with Gasteiger partial charge >= 0.3 is 42.3 Å². The maximum Gasteiger partial charge on any atom is 0.102 e. The summed E-state index contributed by atoms with van der Waals surface area (Å²) in [6.45, 7) is 1.43. The van der Waals surface area contributed by atoms with E-state index in [4.69, 9.17) is 33.8 Å². The average Bonchev–Trinajstić information content (AvgIpc) is 3.09. The molecule has 6 rings (SSSR count). The van der Waals surface area contributed by atoms with Crippen molar-refractivity contribution in [2.24, 2.45) is 0 Å². The number of rotatable bonds is 6. The third-order valence-electron chi connectivity index (χ3n) is 6.37. The molecule has 6 aromatic rings. The van der Waals surface area contributed by atoms with Crippen LogP contribution in [0.3, 0.4) is 0 Å². The molecule has 0 radical (unpaired) electrons. The van der Waals surface area contributed by atoms with E-state index in [1.807, 2.05) is 0 Å². The van der Waals surface area contributed by atoms with Gasteiger partial charge in [-0.2, -0.15) is 5.26 Å². The van der Waals surface area contributed by atoms with Crippen LogP contribution in [0.4, 0.5) is 0 Å². The van der Waals surface area contributed by atoms with Gasteiger partial charge in [0.2, 0.25) is 0 Å². The number of halogens is 3. The van der Waals surface area contributed by atoms with Gasteiger partial charge in [0.25, 0.3) is 0 Å². The predicted molar refractivity (Wildman–Crippen MR) is 202 cm³/mol. The molecule has 0 fully saturated rings. The summed E-state index contributed by atoms with van der Waals surface area (Å²) >= 11 is -2.05. The van der Waals surface area contributed by atoms with Crippen molar-refractivity contribution in [3.8, 4) is 6.07 Å². The Labute approximate surface area is 288 Å². The van der Waals surface area contributed by atoms with Crippen LogP contribution in [0.15, 0.2) is 182 Å². The predicted octanol–water partition coefficient (Wildman–Crippen LogP) is 8.95. The SMILES string of the molecule is CC#N.[Cl][Re]([Cl])[Cl].c1ccc([PH+](c2ccccc2)c2ccccc2)cc1.c1ccc([PH+](c2ccccc2)c2ccccc2)cc1. The molecule has 0 amide bonds. The summed E-state index contributed by atoms with van der Waals surface area (Å²) in [7, 11) is 13.2. The van der Waals surface area contributed by atoms with E-state index in [1.54, 1.807) is 6.07 Å². The van der Waals surface area contributed by atoms with Gasteiger partial charge in [-0.25, -0.2) is 0 Å². The van der Waals surface area contributed by atoms with Crippen molar-refractivity contribution in [3.63, 3.8) is 0 Å². The van der Waals surface area contributed by atoms with Gasteiger partial charge in [0, 0.05) is 6.92 Å². The van der Waals surface area contributed by atoms with Gasteiger partial charge in [-0.05, 0) is 72.8 Å². The second-order valence-corrected chi connectivity index (χ2v) is 26.1. The van der Waals surface area contributed by atoms with Crippen LogP contribution >= 0.6 is 44.4 Å². The third kappa shape index (κ3) is 13.2. The zero-order chi connectivity index (χ0) is 32.1. The van der Waals surface area contributed by atoms with Crippen molar-refractivity contribution < 1.29 is 13.7 Å². The minimum Gasteiger partial charge on any atom is -0.0620 e. The zero-order valence-corrected chi connectivity index (χ0v) is 31.8. The molecule has 0 spiro atoms. The minimum absolute atomic E-state index is 0.877. The minimum atomic E-state index is -2.05. The molecule has 0 saturated heterocycles. The maximum absolute atomic E-state index is 7.32. The largest absolute Gasteiger partial charge is 0.102 e. The molecule has 45 heavy (non-hydrogen) atoms. The van der Waals surface area contributed by atoms with Crippen LogP contribution in [0, 0.1) is 11.3 Å². The molecule has 7 heteroatoms. The standard InChI is InChI=1S/2C18H15P.C2H3N.3ClH.Re/c2*1-4-10-16(11-5-1)19(17-12-6-2-7-13-17)18-14-8-3-9-15-18;1-2-3;;;;/h2*1-15H;1H3;3*1H;/q;;;;;;+3/p-1. The van der Waals surface area contributed by atoms with E-state index in [0.717, 1.165) is 0 Å². The molecule has 6 aromatic carbocycles. The molecule has 0 bridgehead atoms. The van der Waals surface area contributed by atoms with Crippen molar-refractivity contribution in [1.82, 2.24) is 0 Å². The Morgan fingerprint density at radius 3 is 0.600 bits per heavy atom. The first-order chi connectivity index (χ1) is 22.0. The van der Waals surface area contributed by atoms with Crippen LogP contribution in [0.25, 0.3) is 0 Å². The van der Waals surface area contributed by atoms with Gasteiger partial charge in [-0.15, -0.1) is 0 Å². The molecule has 228 valence electrons. The van der Waals surface area contributed by atoms with E-state index in [9.17, 15) is 0 Å². The van der Waals surface area contributed by atoms with Crippen molar-refractivity contribution in [3.05, 3.63) is 182 Å². The summed E-state index contributed by atoms with van der Waals surface area (Å²) in [5, 5.41) is 15.9. The van der Waals surface area contributed by atoms with Crippen molar-refractivity contribution >= 4 is 76.3 Å². The number of benzene rings is 6. The summed E-state index contributed by atoms with van der Waals surface area (Å²) in [4.78, 5) is 0. The van der Waals surface area contributed by atoms with Crippen molar-refractivity contribution in [1.29, 1.82) is 5.26 Å². The van der Waals surface area contributed by atoms with Gasteiger partial charge in [0.1, 0.15) is 31.8 Å². The van der Waals surface area contributed by atoms with Crippen LogP contribution in [0.1, 0.15) is 6.92 Å². The van der Waals surface area contributed by atoms with Gasteiger partial charge in [0.15, 0.2) is 0 Å².